The zero-order chi connectivity index (χ0) is 13.1. The maximum atomic E-state index is 12.8. The molecule has 1 aliphatic rings. The Bertz CT molecular complexity index is 458. The van der Waals surface area contributed by atoms with Gasteiger partial charge in [-0.2, -0.15) is 0 Å². The van der Waals surface area contributed by atoms with Crippen LogP contribution in [0.25, 0.3) is 0 Å². The highest BCUT2D eigenvalue weighted by Gasteiger charge is 2.35. The Labute approximate surface area is 104 Å². The fourth-order valence-corrected chi connectivity index (χ4v) is 2.00. The van der Waals surface area contributed by atoms with Gasteiger partial charge in [0.25, 0.3) is 0 Å². The molecule has 1 aliphatic heterocycles. The molecule has 2 rings (SSSR count). The summed E-state index contributed by atoms with van der Waals surface area (Å²) < 4.78 is 17.7. The van der Waals surface area contributed by atoms with E-state index in [9.17, 15) is 14.0 Å². The number of rotatable bonds is 3. The van der Waals surface area contributed by atoms with Gasteiger partial charge in [0, 0.05) is 18.7 Å². The highest BCUT2D eigenvalue weighted by molar-refractivity contribution is 5.99. The second-order valence-electron chi connectivity index (χ2n) is 4.13. The van der Waals surface area contributed by atoms with Gasteiger partial charge in [-0.25, -0.2) is 4.39 Å². The van der Waals surface area contributed by atoms with Crippen LogP contribution < -0.4 is 4.90 Å². The molecule has 0 N–H and O–H groups in total. The van der Waals surface area contributed by atoms with Gasteiger partial charge in [-0.3, -0.25) is 9.59 Å². The Balaban J connectivity index is 2.10. The SMILES string of the molecule is CCOC(=O)[C@@H]1CC(=O)N(c2ccc(F)cc2)C1. The topological polar surface area (TPSA) is 46.6 Å². The molecule has 1 fully saturated rings. The standard InChI is InChI=1S/C13H14FNO3/c1-2-18-13(17)9-7-12(16)15(8-9)11-5-3-10(14)4-6-11/h3-6,9H,2,7-8H2,1H3/t9-/m1/s1. The first kappa shape index (κ1) is 12.5. The van der Waals surface area contributed by atoms with Gasteiger partial charge >= 0.3 is 5.97 Å². The second-order valence-corrected chi connectivity index (χ2v) is 4.13. The Morgan fingerprint density at radius 1 is 1.44 bits per heavy atom. The molecule has 18 heavy (non-hydrogen) atoms. The molecule has 0 unspecified atom stereocenters. The Hall–Kier alpha value is -1.91. The van der Waals surface area contributed by atoms with Crippen LogP contribution in [0.5, 0.6) is 0 Å². The minimum absolute atomic E-state index is 0.139. The normalized spacial score (nSPS) is 19.1. The number of hydrogen-bond acceptors (Lipinski definition) is 3. The van der Waals surface area contributed by atoms with Crippen molar-refractivity contribution in [2.75, 3.05) is 18.1 Å². The zero-order valence-corrected chi connectivity index (χ0v) is 10.1. The third-order valence-electron chi connectivity index (χ3n) is 2.88. The summed E-state index contributed by atoms with van der Waals surface area (Å²) in [6.07, 6.45) is 0.149. The second kappa shape index (κ2) is 5.16. The quantitative estimate of drug-likeness (QED) is 0.769. The van der Waals surface area contributed by atoms with Gasteiger partial charge in [0.05, 0.1) is 12.5 Å². The molecule has 4 nitrogen and oxygen atoms in total. The molecule has 0 aromatic heterocycles. The molecule has 0 saturated carbocycles. The summed E-state index contributed by atoms with van der Waals surface area (Å²) in [7, 11) is 0. The predicted molar refractivity (Wildman–Crippen MR) is 63.5 cm³/mol. The van der Waals surface area contributed by atoms with E-state index in [1.54, 1.807) is 6.92 Å². The number of anilines is 1. The van der Waals surface area contributed by atoms with Crippen molar-refractivity contribution in [3.8, 4) is 0 Å². The van der Waals surface area contributed by atoms with Crippen molar-refractivity contribution >= 4 is 17.6 Å². The highest BCUT2D eigenvalue weighted by atomic mass is 19.1. The van der Waals surface area contributed by atoms with Gasteiger partial charge in [-0.15, -0.1) is 0 Å². The molecule has 0 spiro atoms. The molecule has 0 aliphatic carbocycles. The first-order chi connectivity index (χ1) is 8.61. The van der Waals surface area contributed by atoms with Gasteiger partial charge in [0.15, 0.2) is 0 Å². The molecule has 5 heteroatoms. The summed E-state index contributed by atoms with van der Waals surface area (Å²) in [6.45, 7) is 2.33. The summed E-state index contributed by atoms with van der Waals surface area (Å²) in [6, 6.07) is 5.64. The van der Waals surface area contributed by atoms with Gasteiger partial charge in [0.1, 0.15) is 5.82 Å². The number of ether oxygens (including phenoxy) is 1. The summed E-state index contributed by atoms with van der Waals surface area (Å²) in [4.78, 5) is 24.9. The third-order valence-corrected chi connectivity index (χ3v) is 2.88. The van der Waals surface area contributed by atoms with E-state index >= 15 is 0 Å². The maximum absolute atomic E-state index is 12.8. The molecule has 1 heterocycles. The maximum Gasteiger partial charge on any atom is 0.311 e. The molecule has 1 aromatic carbocycles. The van der Waals surface area contributed by atoms with Crippen LogP contribution in [-0.4, -0.2) is 25.0 Å². The summed E-state index contributed by atoms with van der Waals surface area (Å²) >= 11 is 0. The van der Waals surface area contributed by atoms with Crippen LogP contribution in [0.1, 0.15) is 13.3 Å². The average Bonchev–Trinajstić information content (AvgIpc) is 2.73. The third kappa shape index (κ3) is 2.50. The van der Waals surface area contributed by atoms with E-state index in [1.165, 1.54) is 29.2 Å². The Morgan fingerprint density at radius 2 is 2.11 bits per heavy atom. The molecule has 1 saturated heterocycles. The van der Waals surface area contributed by atoms with E-state index in [4.69, 9.17) is 4.74 Å². The van der Waals surface area contributed by atoms with Crippen molar-refractivity contribution in [2.24, 2.45) is 5.92 Å². The summed E-state index contributed by atoms with van der Waals surface area (Å²) in [5.74, 6) is -1.27. The van der Waals surface area contributed by atoms with Crippen molar-refractivity contribution in [2.45, 2.75) is 13.3 Å². The molecular weight excluding hydrogens is 237 g/mol. The number of hydrogen-bond donors (Lipinski definition) is 0. The molecule has 1 aromatic rings. The molecule has 0 radical (unpaired) electrons. The van der Waals surface area contributed by atoms with Crippen molar-refractivity contribution in [3.63, 3.8) is 0 Å². The minimum Gasteiger partial charge on any atom is -0.466 e. The van der Waals surface area contributed by atoms with Crippen LogP contribution in [-0.2, 0) is 14.3 Å². The number of nitrogens with zero attached hydrogens (tertiary/aromatic N) is 1. The van der Waals surface area contributed by atoms with E-state index in [2.05, 4.69) is 0 Å². The molecule has 1 amide bonds. The number of esters is 1. The van der Waals surface area contributed by atoms with Crippen LogP contribution >= 0.6 is 0 Å². The van der Waals surface area contributed by atoms with Crippen molar-refractivity contribution in [1.29, 1.82) is 0 Å². The summed E-state index contributed by atoms with van der Waals surface area (Å²) in [5, 5.41) is 0. The fourth-order valence-electron chi connectivity index (χ4n) is 2.00. The van der Waals surface area contributed by atoms with Crippen molar-refractivity contribution in [3.05, 3.63) is 30.1 Å². The predicted octanol–water partition coefficient (Wildman–Crippen LogP) is 1.74. The van der Waals surface area contributed by atoms with E-state index in [0.717, 1.165) is 0 Å². The van der Waals surface area contributed by atoms with E-state index in [1.807, 2.05) is 0 Å². The number of amides is 1. The Kier molecular flexibility index (Phi) is 3.60. The Morgan fingerprint density at radius 3 is 2.72 bits per heavy atom. The van der Waals surface area contributed by atoms with Crippen LogP contribution in [0.2, 0.25) is 0 Å². The van der Waals surface area contributed by atoms with Crippen LogP contribution in [0.3, 0.4) is 0 Å². The van der Waals surface area contributed by atoms with E-state index in [0.29, 0.717) is 18.8 Å². The lowest BCUT2D eigenvalue weighted by molar-refractivity contribution is -0.147. The van der Waals surface area contributed by atoms with Crippen LogP contribution in [0.4, 0.5) is 10.1 Å². The monoisotopic (exact) mass is 251 g/mol. The van der Waals surface area contributed by atoms with Gasteiger partial charge in [0.2, 0.25) is 5.91 Å². The van der Waals surface area contributed by atoms with Crippen molar-refractivity contribution < 1.29 is 18.7 Å². The number of benzene rings is 1. The largest absolute Gasteiger partial charge is 0.466 e. The fraction of sp³-hybridized carbons (Fsp3) is 0.385. The number of carbonyl (C=O) groups is 2. The summed E-state index contributed by atoms with van der Waals surface area (Å²) in [5.41, 5.74) is 0.605. The van der Waals surface area contributed by atoms with E-state index in [-0.39, 0.29) is 24.1 Å². The van der Waals surface area contributed by atoms with E-state index < -0.39 is 5.92 Å². The van der Waals surface area contributed by atoms with Gasteiger partial charge < -0.3 is 9.64 Å². The first-order valence-electron chi connectivity index (χ1n) is 5.84. The molecule has 96 valence electrons. The molecule has 1 atom stereocenters. The van der Waals surface area contributed by atoms with Gasteiger partial charge in [-0.05, 0) is 31.2 Å². The lowest BCUT2D eigenvalue weighted by Gasteiger charge is -2.16. The molecular formula is C13H14FNO3. The first-order valence-corrected chi connectivity index (χ1v) is 5.84. The lowest BCUT2D eigenvalue weighted by Crippen LogP contribution is -2.26. The average molecular weight is 251 g/mol. The zero-order valence-electron chi connectivity index (χ0n) is 10.1. The van der Waals surface area contributed by atoms with Gasteiger partial charge in [-0.1, -0.05) is 0 Å². The molecule has 0 bridgehead atoms. The number of carbonyl (C=O) groups excluding carboxylic acids is 2. The highest BCUT2D eigenvalue weighted by Crippen LogP contribution is 2.25. The lowest BCUT2D eigenvalue weighted by atomic mass is 10.1. The smallest absolute Gasteiger partial charge is 0.311 e. The minimum atomic E-state index is -0.428. The van der Waals surface area contributed by atoms with Crippen LogP contribution in [0.15, 0.2) is 24.3 Å². The van der Waals surface area contributed by atoms with Crippen LogP contribution in [0, 0.1) is 11.7 Å². The number of halogens is 1. The van der Waals surface area contributed by atoms with Crippen molar-refractivity contribution in [1.82, 2.24) is 0 Å².